The van der Waals surface area contributed by atoms with Crippen LogP contribution < -0.4 is 10.1 Å². The Kier molecular flexibility index (Phi) is 4.92. The predicted octanol–water partition coefficient (Wildman–Crippen LogP) is 3.54. The van der Waals surface area contributed by atoms with E-state index in [2.05, 4.69) is 31.2 Å². The van der Waals surface area contributed by atoms with Crippen LogP contribution in [0.4, 0.5) is 5.69 Å². The Bertz CT molecular complexity index is 623. The van der Waals surface area contributed by atoms with Gasteiger partial charge in [-0.3, -0.25) is 9.78 Å². The fourth-order valence-corrected chi connectivity index (χ4v) is 2.47. The quantitative estimate of drug-likeness (QED) is 0.910. The molecule has 20 heavy (non-hydrogen) atoms. The summed E-state index contributed by atoms with van der Waals surface area (Å²) in [5.41, 5.74) is 0.688. The van der Waals surface area contributed by atoms with Gasteiger partial charge in [0.25, 0.3) is 5.91 Å². The van der Waals surface area contributed by atoms with Gasteiger partial charge in [-0.05, 0) is 35.0 Å². The van der Waals surface area contributed by atoms with Crippen molar-refractivity contribution in [3.8, 4) is 5.75 Å². The zero-order chi connectivity index (χ0) is 14.5. The first kappa shape index (κ1) is 14.7. The van der Waals surface area contributed by atoms with Crippen molar-refractivity contribution in [1.82, 2.24) is 9.97 Å². The van der Waals surface area contributed by atoms with E-state index in [1.807, 2.05) is 6.92 Å². The van der Waals surface area contributed by atoms with Gasteiger partial charge < -0.3 is 10.1 Å². The van der Waals surface area contributed by atoms with Gasteiger partial charge in [-0.15, -0.1) is 0 Å². The number of nitrogens with zero attached hydrogens (tertiary/aromatic N) is 2. The molecule has 0 aliphatic heterocycles. The molecule has 2 aromatic rings. The molecule has 7 heteroatoms. The SMILES string of the molecule is CCOc1c(Br)cc(Cl)cc1NC(=O)c1cnccn1. The summed E-state index contributed by atoms with van der Waals surface area (Å²) >= 11 is 9.34. The van der Waals surface area contributed by atoms with Crippen LogP contribution in [0.5, 0.6) is 5.75 Å². The van der Waals surface area contributed by atoms with Crippen LogP contribution in [0.3, 0.4) is 0 Å². The van der Waals surface area contributed by atoms with Crippen molar-refractivity contribution in [1.29, 1.82) is 0 Å². The minimum atomic E-state index is -0.381. The summed E-state index contributed by atoms with van der Waals surface area (Å²) in [5.74, 6) is 0.141. The number of rotatable bonds is 4. The predicted molar refractivity (Wildman–Crippen MR) is 80.3 cm³/mol. The van der Waals surface area contributed by atoms with Gasteiger partial charge in [0.15, 0.2) is 5.75 Å². The average molecular weight is 357 g/mol. The van der Waals surface area contributed by atoms with Gasteiger partial charge in [0.1, 0.15) is 5.69 Å². The van der Waals surface area contributed by atoms with Crippen LogP contribution in [0.1, 0.15) is 17.4 Å². The fraction of sp³-hybridized carbons (Fsp3) is 0.154. The van der Waals surface area contributed by atoms with Crippen LogP contribution in [0.25, 0.3) is 0 Å². The summed E-state index contributed by atoms with van der Waals surface area (Å²) in [4.78, 5) is 19.9. The maximum atomic E-state index is 12.1. The number of amides is 1. The molecule has 0 atom stereocenters. The van der Waals surface area contributed by atoms with Crippen LogP contribution >= 0.6 is 27.5 Å². The van der Waals surface area contributed by atoms with Crippen molar-refractivity contribution < 1.29 is 9.53 Å². The smallest absolute Gasteiger partial charge is 0.275 e. The van der Waals surface area contributed by atoms with Gasteiger partial charge >= 0.3 is 0 Å². The Morgan fingerprint density at radius 2 is 2.25 bits per heavy atom. The molecule has 0 spiro atoms. The average Bonchev–Trinajstić information content (AvgIpc) is 2.43. The van der Waals surface area contributed by atoms with Gasteiger partial charge in [-0.1, -0.05) is 11.6 Å². The van der Waals surface area contributed by atoms with Crippen molar-refractivity contribution in [2.45, 2.75) is 6.92 Å². The summed E-state index contributed by atoms with van der Waals surface area (Å²) in [6.45, 7) is 2.32. The Hall–Kier alpha value is -1.66. The molecule has 0 unspecified atom stereocenters. The number of carbonyl (C=O) groups is 1. The van der Waals surface area contributed by atoms with Crippen molar-refractivity contribution in [2.24, 2.45) is 0 Å². The molecular formula is C13H11BrClN3O2. The van der Waals surface area contributed by atoms with E-state index in [9.17, 15) is 4.79 Å². The highest BCUT2D eigenvalue weighted by atomic mass is 79.9. The van der Waals surface area contributed by atoms with Gasteiger partial charge in [-0.2, -0.15) is 0 Å². The molecule has 0 aliphatic rings. The van der Waals surface area contributed by atoms with Gasteiger partial charge in [0.05, 0.1) is 23.0 Å². The monoisotopic (exact) mass is 355 g/mol. The molecule has 0 saturated carbocycles. The van der Waals surface area contributed by atoms with E-state index >= 15 is 0 Å². The van der Waals surface area contributed by atoms with Crippen LogP contribution in [0.2, 0.25) is 5.02 Å². The van der Waals surface area contributed by atoms with Crippen LogP contribution in [0, 0.1) is 0 Å². The molecule has 5 nitrogen and oxygen atoms in total. The molecule has 2 rings (SSSR count). The molecule has 0 radical (unpaired) electrons. The third-order valence-electron chi connectivity index (χ3n) is 2.34. The molecule has 1 amide bonds. The van der Waals surface area contributed by atoms with Crippen molar-refractivity contribution in [3.05, 3.63) is 45.9 Å². The summed E-state index contributed by atoms with van der Waals surface area (Å²) in [6, 6.07) is 3.32. The lowest BCUT2D eigenvalue weighted by molar-refractivity contribution is 0.102. The normalized spacial score (nSPS) is 10.2. The first-order valence-corrected chi connectivity index (χ1v) is 6.98. The second-order valence-electron chi connectivity index (χ2n) is 3.74. The van der Waals surface area contributed by atoms with E-state index in [0.717, 1.165) is 0 Å². The molecular weight excluding hydrogens is 346 g/mol. The van der Waals surface area contributed by atoms with Gasteiger partial charge in [0, 0.05) is 17.4 Å². The number of hydrogen-bond acceptors (Lipinski definition) is 4. The van der Waals surface area contributed by atoms with E-state index < -0.39 is 0 Å². The molecule has 0 bridgehead atoms. The zero-order valence-electron chi connectivity index (χ0n) is 10.6. The summed E-state index contributed by atoms with van der Waals surface area (Å²) < 4.78 is 6.17. The molecule has 1 N–H and O–H groups in total. The van der Waals surface area contributed by atoms with E-state index in [4.69, 9.17) is 16.3 Å². The number of nitrogens with one attached hydrogen (secondary N) is 1. The van der Waals surface area contributed by atoms with E-state index in [1.165, 1.54) is 18.6 Å². The number of carbonyl (C=O) groups excluding carboxylic acids is 1. The molecule has 0 saturated heterocycles. The van der Waals surface area contributed by atoms with Gasteiger partial charge in [-0.25, -0.2) is 4.98 Å². The number of hydrogen-bond donors (Lipinski definition) is 1. The summed E-state index contributed by atoms with van der Waals surface area (Å²) in [6.07, 6.45) is 4.33. The molecule has 104 valence electrons. The topological polar surface area (TPSA) is 64.1 Å². The molecule has 1 aromatic heterocycles. The third-order valence-corrected chi connectivity index (χ3v) is 3.15. The standard InChI is InChI=1S/C13H11BrClN3O2/c1-2-20-12-9(14)5-8(15)6-10(12)18-13(19)11-7-16-3-4-17-11/h3-7H,2H2,1H3,(H,18,19). The van der Waals surface area contributed by atoms with Crippen LogP contribution in [-0.2, 0) is 0 Å². The lowest BCUT2D eigenvalue weighted by Gasteiger charge is -2.13. The minimum Gasteiger partial charge on any atom is -0.491 e. The number of anilines is 1. The number of ether oxygens (including phenoxy) is 1. The Morgan fingerprint density at radius 3 is 2.90 bits per heavy atom. The first-order valence-electron chi connectivity index (χ1n) is 5.81. The fourth-order valence-electron chi connectivity index (χ4n) is 1.55. The van der Waals surface area contributed by atoms with Crippen LogP contribution in [-0.4, -0.2) is 22.5 Å². The Morgan fingerprint density at radius 1 is 1.45 bits per heavy atom. The first-order chi connectivity index (χ1) is 9.61. The maximum Gasteiger partial charge on any atom is 0.275 e. The van der Waals surface area contributed by atoms with Gasteiger partial charge in [0.2, 0.25) is 0 Å². The third kappa shape index (κ3) is 3.46. The largest absolute Gasteiger partial charge is 0.491 e. The molecule has 1 aromatic carbocycles. The highest BCUT2D eigenvalue weighted by Gasteiger charge is 2.14. The maximum absolute atomic E-state index is 12.1. The zero-order valence-corrected chi connectivity index (χ0v) is 12.9. The Labute approximate surface area is 129 Å². The molecule has 1 heterocycles. The second-order valence-corrected chi connectivity index (χ2v) is 5.03. The molecule has 0 fully saturated rings. The summed E-state index contributed by atoms with van der Waals surface area (Å²) in [5, 5.41) is 3.19. The highest BCUT2D eigenvalue weighted by molar-refractivity contribution is 9.10. The van der Waals surface area contributed by atoms with E-state index in [1.54, 1.807) is 12.1 Å². The number of halogens is 2. The minimum absolute atomic E-state index is 0.214. The molecule has 0 aliphatic carbocycles. The highest BCUT2D eigenvalue weighted by Crippen LogP contribution is 2.36. The van der Waals surface area contributed by atoms with Crippen molar-refractivity contribution in [2.75, 3.05) is 11.9 Å². The summed E-state index contributed by atoms with van der Waals surface area (Å²) in [7, 11) is 0. The number of aromatic nitrogens is 2. The lowest BCUT2D eigenvalue weighted by Crippen LogP contribution is -2.15. The van der Waals surface area contributed by atoms with Crippen molar-refractivity contribution >= 4 is 39.1 Å². The second kappa shape index (κ2) is 6.67. The van der Waals surface area contributed by atoms with Crippen LogP contribution in [0.15, 0.2) is 35.2 Å². The van der Waals surface area contributed by atoms with Crippen molar-refractivity contribution in [3.63, 3.8) is 0 Å². The Balaban J connectivity index is 2.31. The van der Waals surface area contributed by atoms with E-state index in [0.29, 0.717) is 27.5 Å². The lowest BCUT2D eigenvalue weighted by atomic mass is 10.2. The van der Waals surface area contributed by atoms with E-state index in [-0.39, 0.29) is 11.6 Å². The number of benzene rings is 1.